The lowest BCUT2D eigenvalue weighted by Gasteiger charge is -2.41. The number of nitrogens with zero attached hydrogens (tertiary/aromatic N) is 2. The lowest BCUT2D eigenvalue weighted by atomic mass is 9.35. The van der Waals surface area contributed by atoms with E-state index in [1.807, 2.05) is 30.3 Å². The van der Waals surface area contributed by atoms with E-state index in [9.17, 15) is 0 Å². The zero-order chi connectivity index (χ0) is 41.4. The van der Waals surface area contributed by atoms with Gasteiger partial charge in [0.15, 0.2) is 0 Å². The maximum absolute atomic E-state index is 8.84. The number of fused-ring (bicyclic) bond motifs is 8. The second kappa shape index (κ2) is 11.5. The highest BCUT2D eigenvalue weighted by atomic mass is 16.4. The molecule has 0 spiro atoms. The zero-order valence-electron chi connectivity index (χ0n) is 36.6. The van der Waals surface area contributed by atoms with Gasteiger partial charge in [0.2, 0.25) is 5.88 Å². The second-order valence-electron chi connectivity index (χ2n) is 16.8. The Balaban J connectivity index is 1.30. The summed E-state index contributed by atoms with van der Waals surface area (Å²) >= 11 is 0. The van der Waals surface area contributed by atoms with Crippen molar-refractivity contribution in [2.24, 2.45) is 0 Å². The molecule has 2 aromatic heterocycles. The molecule has 8 aromatic rings. The van der Waals surface area contributed by atoms with E-state index in [0.717, 1.165) is 72.8 Å². The smallest absolute Gasteiger partial charge is 0.302 e. The number of furan rings is 2. The molecule has 0 unspecified atom stereocenters. The SMILES string of the molecule is [2H]c1c([2H])c([2H])c(-c2ccc3oc4c(c3c2)N(c2ccc(C(C)(C)C)cc2)c2cc(C)cc3c2B4c2c(oc4ccccc24)N3c2ccc(C(C)(C)C)cc2)c([2H])c1[2H]. The van der Waals surface area contributed by atoms with E-state index in [2.05, 4.69) is 125 Å². The summed E-state index contributed by atoms with van der Waals surface area (Å²) < 4.78 is 56.8. The van der Waals surface area contributed by atoms with Crippen molar-refractivity contribution in [3.05, 3.63) is 150 Å². The highest BCUT2D eigenvalue weighted by Crippen LogP contribution is 2.49. The Morgan fingerprint density at radius 3 is 1.81 bits per heavy atom. The molecule has 0 atom stereocenters. The molecule has 4 nitrogen and oxygen atoms in total. The fourth-order valence-corrected chi connectivity index (χ4v) is 8.38. The molecule has 5 heteroatoms. The third-order valence-electron chi connectivity index (χ3n) is 11.1. The number of aryl methyl sites for hydroxylation is 1. The van der Waals surface area contributed by atoms with Gasteiger partial charge >= 0.3 is 6.71 Å². The molecule has 0 radical (unpaired) electrons. The fraction of sp³-hybridized carbons (Fsp3) is 0.184. The molecule has 264 valence electrons. The fourth-order valence-electron chi connectivity index (χ4n) is 8.38. The van der Waals surface area contributed by atoms with Crippen LogP contribution >= 0.6 is 0 Å². The summed E-state index contributed by atoms with van der Waals surface area (Å²) in [5, 5.41) is 1.77. The maximum atomic E-state index is 8.84. The molecule has 0 N–H and O–H groups in total. The Bertz CT molecular complexity index is 3020. The molecule has 0 fully saturated rings. The van der Waals surface area contributed by atoms with Gasteiger partial charge in [0.05, 0.1) is 18.2 Å². The van der Waals surface area contributed by atoms with Crippen molar-refractivity contribution >= 4 is 79.6 Å². The van der Waals surface area contributed by atoms with E-state index in [1.165, 1.54) is 11.1 Å². The Labute approximate surface area is 324 Å². The van der Waals surface area contributed by atoms with Crippen LogP contribution in [0.15, 0.2) is 142 Å². The first-order valence-corrected chi connectivity index (χ1v) is 18.6. The van der Waals surface area contributed by atoms with Gasteiger partial charge in [-0.1, -0.05) is 120 Å². The molecular formula is C49H43BN2O2. The predicted molar refractivity (Wildman–Crippen MR) is 228 cm³/mol. The average molecular weight is 708 g/mol. The van der Waals surface area contributed by atoms with Crippen LogP contribution in [0.25, 0.3) is 33.1 Å². The summed E-state index contributed by atoms with van der Waals surface area (Å²) in [5.74, 6) is 0.734. The Morgan fingerprint density at radius 1 is 0.574 bits per heavy atom. The van der Waals surface area contributed by atoms with Gasteiger partial charge in [-0.15, -0.1) is 0 Å². The summed E-state index contributed by atoms with van der Waals surface area (Å²) in [4.78, 5) is 4.55. The standard InChI is InChI=1S/C49H43BN2O2/c1-30-27-39-44-40(28-30)52(36-24-20-34(21-25-36)49(5,6)7)47-43(37-15-11-12-16-41(37)54-47)50(44)46-45(51(39)35-22-18-33(19-23-35)48(2,3)4)38-29-32(17-26-42(38)53-46)31-13-9-8-10-14-31/h8-29H,1-7H3/i8D,9D,10D,13D,14D. The first kappa shape index (κ1) is 27.6. The Morgan fingerprint density at radius 2 is 1.17 bits per heavy atom. The van der Waals surface area contributed by atoms with Gasteiger partial charge < -0.3 is 13.7 Å². The molecule has 0 saturated carbocycles. The van der Waals surface area contributed by atoms with Crippen molar-refractivity contribution in [3.8, 4) is 11.1 Å². The van der Waals surface area contributed by atoms with E-state index < -0.39 is 6.04 Å². The number of para-hydroxylation sites is 1. The molecule has 0 bridgehead atoms. The van der Waals surface area contributed by atoms with Gasteiger partial charge in [-0.2, -0.15) is 0 Å². The molecule has 4 heterocycles. The minimum absolute atomic E-state index is 0.0122. The quantitative estimate of drug-likeness (QED) is 0.171. The first-order chi connectivity index (χ1) is 28.0. The predicted octanol–water partition coefficient (Wildman–Crippen LogP) is 11.8. The topological polar surface area (TPSA) is 32.8 Å². The van der Waals surface area contributed by atoms with Gasteiger partial charge in [0.1, 0.15) is 11.2 Å². The van der Waals surface area contributed by atoms with E-state index in [4.69, 9.17) is 15.7 Å². The molecule has 2 aliphatic heterocycles. The van der Waals surface area contributed by atoms with Crippen molar-refractivity contribution in [2.45, 2.75) is 59.3 Å². The normalized spacial score (nSPS) is 15.0. The Kier molecular flexibility index (Phi) is 5.90. The summed E-state index contributed by atoms with van der Waals surface area (Å²) in [7, 11) is 0. The van der Waals surface area contributed by atoms with E-state index in [-0.39, 0.29) is 47.3 Å². The van der Waals surface area contributed by atoms with Crippen LogP contribution in [0, 0.1) is 6.92 Å². The van der Waals surface area contributed by atoms with Crippen LogP contribution in [-0.4, -0.2) is 6.71 Å². The zero-order valence-corrected chi connectivity index (χ0v) is 31.6. The summed E-state index contributed by atoms with van der Waals surface area (Å²) in [6, 6.07) is 34.1. The number of hydrogen-bond donors (Lipinski definition) is 0. The van der Waals surface area contributed by atoms with Gasteiger partial charge in [-0.25, -0.2) is 0 Å². The molecule has 6 aromatic carbocycles. The van der Waals surface area contributed by atoms with Crippen LogP contribution in [-0.2, 0) is 10.8 Å². The van der Waals surface area contributed by atoms with Crippen LogP contribution in [0.1, 0.15) is 65.1 Å². The minimum Gasteiger partial charge on any atom is -0.468 e. The number of hydrogen-bond acceptors (Lipinski definition) is 4. The van der Waals surface area contributed by atoms with Crippen molar-refractivity contribution in [1.29, 1.82) is 0 Å². The van der Waals surface area contributed by atoms with Crippen LogP contribution in [0.4, 0.5) is 34.3 Å². The molecule has 0 saturated heterocycles. The van der Waals surface area contributed by atoms with Crippen molar-refractivity contribution in [1.82, 2.24) is 0 Å². The monoisotopic (exact) mass is 707 g/mol. The summed E-state index contributed by atoms with van der Waals surface area (Å²) in [6.45, 7) is 15.1. The second-order valence-corrected chi connectivity index (χ2v) is 16.8. The lowest BCUT2D eigenvalue weighted by Crippen LogP contribution is -2.60. The van der Waals surface area contributed by atoms with Crippen LogP contribution < -0.4 is 26.4 Å². The molecule has 10 rings (SSSR count). The highest BCUT2D eigenvalue weighted by Gasteiger charge is 2.49. The summed E-state index contributed by atoms with van der Waals surface area (Å²) in [5.41, 5.74) is 13.2. The van der Waals surface area contributed by atoms with Crippen molar-refractivity contribution in [2.75, 3.05) is 9.80 Å². The van der Waals surface area contributed by atoms with E-state index >= 15 is 0 Å². The van der Waals surface area contributed by atoms with Crippen LogP contribution in [0.3, 0.4) is 0 Å². The minimum atomic E-state index is -0.419. The molecule has 2 aliphatic rings. The largest absolute Gasteiger partial charge is 0.468 e. The lowest BCUT2D eigenvalue weighted by molar-refractivity contribution is 0.590. The first-order valence-electron chi connectivity index (χ1n) is 21.1. The number of benzene rings is 6. The highest BCUT2D eigenvalue weighted by molar-refractivity contribution is 7.01. The van der Waals surface area contributed by atoms with Crippen LogP contribution in [0.2, 0.25) is 0 Å². The third kappa shape index (κ3) is 4.91. The number of rotatable bonds is 3. The van der Waals surface area contributed by atoms with Crippen molar-refractivity contribution in [3.63, 3.8) is 0 Å². The molecular weight excluding hydrogens is 659 g/mol. The van der Waals surface area contributed by atoms with E-state index in [0.29, 0.717) is 11.1 Å². The van der Waals surface area contributed by atoms with E-state index in [1.54, 1.807) is 6.07 Å². The average Bonchev–Trinajstić information content (AvgIpc) is 3.77. The third-order valence-corrected chi connectivity index (χ3v) is 11.1. The van der Waals surface area contributed by atoms with Crippen LogP contribution in [0.5, 0.6) is 0 Å². The molecule has 54 heavy (non-hydrogen) atoms. The van der Waals surface area contributed by atoms with Crippen molar-refractivity contribution < 1.29 is 15.7 Å². The van der Waals surface area contributed by atoms with Gasteiger partial charge in [0, 0.05) is 39.0 Å². The van der Waals surface area contributed by atoms with Gasteiger partial charge in [-0.3, -0.25) is 4.90 Å². The van der Waals surface area contributed by atoms with Gasteiger partial charge in [-0.05, 0) is 106 Å². The molecule has 0 amide bonds. The van der Waals surface area contributed by atoms with Gasteiger partial charge in [0.25, 0.3) is 0 Å². The summed E-state index contributed by atoms with van der Waals surface area (Å²) in [6.07, 6.45) is 0. The number of anilines is 6. The molecule has 0 aliphatic carbocycles. The Hall–Kier alpha value is -5.94. The maximum Gasteiger partial charge on any atom is 0.302 e.